The van der Waals surface area contributed by atoms with Crippen molar-refractivity contribution in [2.24, 2.45) is 0 Å². The topological polar surface area (TPSA) is 82.6 Å². The lowest BCUT2D eigenvalue weighted by molar-refractivity contribution is -0.115. The molecule has 2 aromatic rings. The smallest absolute Gasteiger partial charge is 0.230 e. The van der Waals surface area contributed by atoms with Crippen LogP contribution in [0.1, 0.15) is 10.6 Å². The van der Waals surface area contributed by atoms with Gasteiger partial charge in [0.15, 0.2) is 11.5 Å². The standard InChI is InChI=1S/C14H17N3O4S/c1-8-16-17-14(22-8)15-12(18)7-9-5-10(19-2)13(21-4)11(6-9)20-3/h5-6H,7H2,1-4H3,(H,15,17,18). The number of hydrogen-bond acceptors (Lipinski definition) is 7. The van der Waals surface area contributed by atoms with E-state index in [1.165, 1.54) is 32.7 Å². The molecule has 0 radical (unpaired) electrons. The number of anilines is 1. The van der Waals surface area contributed by atoms with E-state index in [2.05, 4.69) is 15.5 Å². The average Bonchev–Trinajstić information content (AvgIpc) is 2.90. The molecule has 1 N–H and O–H groups in total. The first kappa shape index (κ1) is 16.0. The molecule has 0 aliphatic rings. The second-order valence-electron chi connectivity index (χ2n) is 4.38. The fourth-order valence-corrected chi connectivity index (χ4v) is 2.54. The zero-order valence-electron chi connectivity index (χ0n) is 12.8. The van der Waals surface area contributed by atoms with Crippen molar-refractivity contribution in [2.75, 3.05) is 26.6 Å². The van der Waals surface area contributed by atoms with Gasteiger partial charge >= 0.3 is 0 Å². The molecular weight excluding hydrogens is 306 g/mol. The number of ether oxygens (including phenoxy) is 3. The summed E-state index contributed by atoms with van der Waals surface area (Å²) >= 11 is 1.32. The Morgan fingerprint density at radius 3 is 2.23 bits per heavy atom. The van der Waals surface area contributed by atoms with E-state index in [4.69, 9.17) is 14.2 Å². The van der Waals surface area contributed by atoms with E-state index in [-0.39, 0.29) is 12.3 Å². The number of amides is 1. The van der Waals surface area contributed by atoms with Crippen molar-refractivity contribution >= 4 is 22.4 Å². The number of nitrogens with zero attached hydrogens (tertiary/aromatic N) is 2. The number of nitrogens with one attached hydrogen (secondary N) is 1. The number of aryl methyl sites for hydroxylation is 1. The van der Waals surface area contributed by atoms with Crippen LogP contribution in [0.2, 0.25) is 0 Å². The summed E-state index contributed by atoms with van der Waals surface area (Å²) in [5.41, 5.74) is 0.744. The Morgan fingerprint density at radius 1 is 1.14 bits per heavy atom. The highest BCUT2D eigenvalue weighted by molar-refractivity contribution is 7.15. The highest BCUT2D eigenvalue weighted by Crippen LogP contribution is 2.38. The van der Waals surface area contributed by atoms with E-state index in [1.807, 2.05) is 6.92 Å². The highest BCUT2D eigenvalue weighted by Gasteiger charge is 2.15. The van der Waals surface area contributed by atoms with Gasteiger partial charge in [-0.3, -0.25) is 4.79 Å². The van der Waals surface area contributed by atoms with Gasteiger partial charge in [0.2, 0.25) is 16.8 Å². The molecule has 1 amide bonds. The van der Waals surface area contributed by atoms with E-state index in [1.54, 1.807) is 12.1 Å². The van der Waals surface area contributed by atoms with Crippen molar-refractivity contribution in [3.63, 3.8) is 0 Å². The van der Waals surface area contributed by atoms with Gasteiger partial charge in [0.1, 0.15) is 5.01 Å². The van der Waals surface area contributed by atoms with Crippen LogP contribution in [0.3, 0.4) is 0 Å². The first-order valence-electron chi connectivity index (χ1n) is 6.46. The quantitative estimate of drug-likeness (QED) is 0.876. The van der Waals surface area contributed by atoms with Gasteiger partial charge in [-0.05, 0) is 24.6 Å². The number of carbonyl (C=O) groups excluding carboxylic acids is 1. The van der Waals surface area contributed by atoms with Crippen LogP contribution < -0.4 is 19.5 Å². The van der Waals surface area contributed by atoms with Crippen molar-refractivity contribution in [1.82, 2.24) is 10.2 Å². The lowest BCUT2D eigenvalue weighted by Crippen LogP contribution is -2.14. The summed E-state index contributed by atoms with van der Waals surface area (Å²) in [6.07, 6.45) is 0.162. The van der Waals surface area contributed by atoms with E-state index in [0.29, 0.717) is 22.4 Å². The molecule has 2 rings (SSSR count). The number of hydrogen-bond donors (Lipinski definition) is 1. The van der Waals surface area contributed by atoms with Gasteiger partial charge < -0.3 is 19.5 Å². The summed E-state index contributed by atoms with van der Waals surface area (Å²) in [5, 5.41) is 11.7. The molecule has 0 saturated carbocycles. The first-order chi connectivity index (χ1) is 10.6. The Labute approximate surface area is 132 Å². The van der Waals surface area contributed by atoms with Gasteiger partial charge in [-0.1, -0.05) is 11.3 Å². The molecular formula is C14H17N3O4S. The van der Waals surface area contributed by atoms with Crippen molar-refractivity contribution in [3.05, 3.63) is 22.7 Å². The van der Waals surface area contributed by atoms with Crippen LogP contribution in [0.5, 0.6) is 17.2 Å². The minimum atomic E-state index is -0.189. The third-order valence-corrected chi connectivity index (χ3v) is 3.62. The van der Waals surface area contributed by atoms with Crippen LogP contribution in [0.15, 0.2) is 12.1 Å². The molecule has 0 aliphatic heterocycles. The Morgan fingerprint density at radius 2 is 1.77 bits per heavy atom. The zero-order valence-corrected chi connectivity index (χ0v) is 13.6. The fraction of sp³-hybridized carbons (Fsp3) is 0.357. The van der Waals surface area contributed by atoms with Crippen molar-refractivity contribution in [3.8, 4) is 17.2 Å². The van der Waals surface area contributed by atoms with Crippen molar-refractivity contribution in [2.45, 2.75) is 13.3 Å². The number of benzene rings is 1. The molecule has 8 heteroatoms. The fourth-order valence-electron chi connectivity index (χ4n) is 1.93. The van der Waals surface area contributed by atoms with Gasteiger partial charge in [0, 0.05) is 0 Å². The number of carbonyl (C=O) groups is 1. The monoisotopic (exact) mass is 323 g/mol. The molecule has 1 aromatic heterocycles. The minimum absolute atomic E-state index is 0.162. The number of methoxy groups -OCH3 is 3. The number of aromatic nitrogens is 2. The molecule has 0 spiro atoms. The maximum Gasteiger partial charge on any atom is 0.230 e. The third kappa shape index (κ3) is 3.64. The molecule has 7 nitrogen and oxygen atoms in total. The molecule has 0 aliphatic carbocycles. The van der Waals surface area contributed by atoms with E-state index in [0.717, 1.165) is 10.6 Å². The van der Waals surface area contributed by atoms with Crippen LogP contribution in [0.4, 0.5) is 5.13 Å². The van der Waals surface area contributed by atoms with Gasteiger partial charge in [-0.15, -0.1) is 10.2 Å². The lowest BCUT2D eigenvalue weighted by atomic mass is 10.1. The SMILES string of the molecule is COc1cc(CC(=O)Nc2nnc(C)s2)cc(OC)c1OC. The van der Waals surface area contributed by atoms with E-state index < -0.39 is 0 Å². The number of rotatable bonds is 6. The second kappa shape index (κ2) is 7.08. The normalized spacial score (nSPS) is 10.2. The summed E-state index contributed by atoms with van der Waals surface area (Å²) in [6, 6.07) is 3.48. The Balaban J connectivity index is 2.16. The predicted octanol–water partition coefficient (Wildman–Crippen LogP) is 2.05. The van der Waals surface area contributed by atoms with E-state index >= 15 is 0 Å². The largest absolute Gasteiger partial charge is 0.493 e. The van der Waals surface area contributed by atoms with Crippen LogP contribution in [-0.2, 0) is 11.2 Å². The molecule has 0 saturated heterocycles. The molecule has 0 bridgehead atoms. The van der Waals surface area contributed by atoms with Crippen molar-refractivity contribution in [1.29, 1.82) is 0 Å². The Bertz CT molecular complexity index is 647. The molecule has 22 heavy (non-hydrogen) atoms. The average molecular weight is 323 g/mol. The van der Waals surface area contributed by atoms with E-state index in [9.17, 15) is 4.79 Å². The second-order valence-corrected chi connectivity index (χ2v) is 5.57. The minimum Gasteiger partial charge on any atom is -0.493 e. The predicted molar refractivity (Wildman–Crippen MR) is 83.1 cm³/mol. The molecule has 0 unspecified atom stereocenters. The summed E-state index contributed by atoms with van der Waals surface area (Å²) < 4.78 is 15.8. The van der Waals surface area contributed by atoms with Crippen LogP contribution in [0, 0.1) is 6.92 Å². The molecule has 0 atom stereocenters. The van der Waals surface area contributed by atoms with Crippen LogP contribution >= 0.6 is 11.3 Å². The van der Waals surface area contributed by atoms with Gasteiger partial charge in [-0.2, -0.15) is 0 Å². The third-order valence-electron chi connectivity index (χ3n) is 2.86. The van der Waals surface area contributed by atoms with Crippen molar-refractivity contribution < 1.29 is 19.0 Å². The Hall–Kier alpha value is -2.35. The summed E-state index contributed by atoms with van der Waals surface area (Å²) in [5.74, 6) is 1.33. The summed E-state index contributed by atoms with van der Waals surface area (Å²) in [6.45, 7) is 1.83. The first-order valence-corrected chi connectivity index (χ1v) is 7.28. The van der Waals surface area contributed by atoms with Gasteiger partial charge in [0.05, 0.1) is 27.8 Å². The zero-order chi connectivity index (χ0) is 16.1. The maximum absolute atomic E-state index is 12.1. The maximum atomic E-state index is 12.1. The molecule has 1 aromatic carbocycles. The van der Waals surface area contributed by atoms with Crippen LogP contribution in [-0.4, -0.2) is 37.4 Å². The molecule has 118 valence electrons. The summed E-state index contributed by atoms with van der Waals surface area (Å²) in [7, 11) is 4.60. The Kier molecular flexibility index (Phi) is 5.16. The summed E-state index contributed by atoms with van der Waals surface area (Å²) in [4.78, 5) is 12.1. The highest BCUT2D eigenvalue weighted by atomic mass is 32.1. The van der Waals surface area contributed by atoms with Crippen LogP contribution in [0.25, 0.3) is 0 Å². The lowest BCUT2D eigenvalue weighted by Gasteiger charge is -2.13. The van der Waals surface area contributed by atoms with Gasteiger partial charge in [0.25, 0.3) is 0 Å². The molecule has 1 heterocycles. The van der Waals surface area contributed by atoms with Gasteiger partial charge in [-0.25, -0.2) is 0 Å². The molecule has 0 fully saturated rings.